The molecular formula is Fe2MgO2Zn+4. The first-order chi connectivity index (χ1) is 0. The van der Waals surface area contributed by atoms with Crippen molar-refractivity contribution in [3.05, 3.63) is 0 Å². The Morgan fingerprint density at radius 1 is 0.667 bits per heavy atom. The molecule has 0 heterocycles. The van der Waals surface area contributed by atoms with Crippen molar-refractivity contribution in [1.29, 1.82) is 0 Å². The summed E-state index contributed by atoms with van der Waals surface area (Å²) in [6, 6.07) is 0. The Hall–Kier alpha value is 2.35. The predicted molar refractivity (Wildman–Crippen MR) is 7.13 cm³/mol. The van der Waals surface area contributed by atoms with Crippen LogP contribution in [0.5, 0.6) is 0 Å². The minimum atomic E-state index is 0. The van der Waals surface area contributed by atoms with Gasteiger partial charge in [0.05, 0.1) is 0 Å². The molecular weight excluding hydrogens is 233 g/mol. The molecule has 0 radical (unpaired) electrons. The normalized spacial score (nSPS) is 0. The minimum absolute atomic E-state index is 0. The molecule has 0 aliphatic carbocycles. The smallest absolute Gasteiger partial charge is 2.00 e. The van der Waals surface area contributed by atoms with Gasteiger partial charge in [0.1, 0.15) is 0 Å². The zero-order valence-electron chi connectivity index (χ0n) is 2.94. The summed E-state index contributed by atoms with van der Waals surface area (Å²) < 4.78 is 0. The fourth-order valence-corrected chi connectivity index (χ4v) is 0. The van der Waals surface area contributed by atoms with E-state index in [-0.39, 0.29) is 87.6 Å². The summed E-state index contributed by atoms with van der Waals surface area (Å²) in [6.07, 6.45) is 0. The first-order valence-corrected chi connectivity index (χ1v) is 0. The third kappa shape index (κ3) is 32.9. The van der Waals surface area contributed by atoms with Crippen LogP contribution < -0.4 is 0 Å². The molecule has 0 amide bonds. The van der Waals surface area contributed by atoms with Crippen LogP contribution in [0, 0.1) is 0 Å². The van der Waals surface area contributed by atoms with Crippen molar-refractivity contribution in [2.75, 3.05) is 0 Å². The van der Waals surface area contributed by atoms with E-state index in [1.54, 1.807) is 0 Å². The van der Waals surface area contributed by atoms with Crippen LogP contribution in [0.1, 0.15) is 0 Å². The van der Waals surface area contributed by atoms with Gasteiger partial charge in [0.2, 0.25) is 0 Å². The number of hydrogen-bond donors (Lipinski definition) is 0. The van der Waals surface area contributed by atoms with Crippen LogP contribution in [-0.4, -0.2) is 23.1 Å². The molecule has 0 saturated heterocycles. The average Bonchev–Trinajstić information content (AvgIpc) is 0. The van der Waals surface area contributed by atoms with Crippen LogP contribution in [0.4, 0.5) is 0 Å². The summed E-state index contributed by atoms with van der Waals surface area (Å²) >= 11 is 0. The molecule has 0 aromatic rings. The molecule has 0 aromatic carbocycles. The minimum Gasteiger partial charge on any atom is -2.00 e. The van der Waals surface area contributed by atoms with Gasteiger partial charge in [0.25, 0.3) is 0 Å². The predicted octanol–water partition coefficient (Wildman–Crippen LogP) is -0.626. The first-order valence-electron chi connectivity index (χ1n) is 0. The third-order valence-electron chi connectivity index (χ3n) is 0. The van der Waals surface area contributed by atoms with E-state index in [1.165, 1.54) is 0 Å². The summed E-state index contributed by atoms with van der Waals surface area (Å²) in [6.45, 7) is 0. The van der Waals surface area contributed by atoms with Crippen LogP contribution in [0.25, 0.3) is 0 Å². The van der Waals surface area contributed by atoms with Gasteiger partial charge in [-0.2, -0.15) is 0 Å². The Bertz CT molecular complexity index is 11.5. The van der Waals surface area contributed by atoms with Crippen LogP contribution >= 0.6 is 0 Å². The van der Waals surface area contributed by atoms with Crippen LogP contribution in [0.2, 0.25) is 0 Å². The van der Waals surface area contributed by atoms with Crippen LogP contribution in [-0.2, 0) is 64.6 Å². The Kier molecular flexibility index (Phi) is 731. The topological polar surface area (TPSA) is 57.0 Å². The van der Waals surface area contributed by atoms with Gasteiger partial charge in [-0.25, -0.2) is 0 Å². The Morgan fingerprint density at radius 3 is 0.667 bits per heavy atom. The van der Waals surface area contributed by atoms with Gasteiger partial charge in [0.15, 0.2) is 0 Å². The summed E-state index contributed by atoms with van der Waals surface area (Å²) in [4.78, 5) is 0. The Labute approximate surface area is 86.7 Å². The van der Waals surface area contributed by atoms with E-state index in [9.17, 15) is 0 Å². The van der Waals surface area contributed by atoms with Gasteiger partial charge in [0, 0.05) is 0 Å². The van der Waals surface area contributed by atoms with E-state index in [0.717, 1.165) is 0 Å². The van der Waals surface area contributed by atoms with Gasteiger partial charge in [-0.1, -0.05) is 0 Å². The van der Waals surface area contributed by atoms with Crippen LogP contribution in [0.3, 0.4) is 0 Å². The maximum Gasteiger partial charge on any atom is 2.00 e. The van der Waals surface area contributed by atoms with Gasteiger partial charge in [-0.15, -0.1) is 0 Å². The second kappa shape index (κ2) is 53.7. The van der Waals surface area contributed by atoms with E-state index in [2.05, 4.69) is 0 Å². The standard InChI is InChI=1S/2Fe.Mg.2O.Zn/q3*+2;2*-2;+2. The molecule has 0 aliphatic rings. The molecule has 0 N–H and O–H groups in total. The second-order valence-corrected chi connectivity index (χ2v) is 0. The first kappa shape index (κ1) is 81.7. The molecule has 0 unspecified atom stereocenters. The summed E-state index contributed by atoms with van der Waals surface area (Å²) in [5.41, 5.74) is 0. The maximum absolute atomic E-state index is 0. The fourth-order valence-electron chi connectivity index (χ4n) is 0. The molecule has 28 valence electrons. The molecule has 2 nitrogen and oxygen atoms in total. The van der Waals surface area contributed by atoms with Crippen molar-refractivity contribution >= 4 is 23.1 Å². The Balaban J connectivity index is 0. The zero-order valence-corrected chi connectivity index (χ0v) is 9.53. The monoisotopic (exact) mass is 232 g/mol. The zero-order chi connectivity index (χ0) is 0. The molecule has 0 spiro atoms. The molecule has 0 rings (SSSR count). The van der Waals surface area contributed by atoms with Gasteiger partial charge >= 0.3 is 76.7 Å². The van der Waals surface area contributed by atoms with Crippen LogP contribution in [0.15, 0.2) is 0 Å². The SMILES string of the molecule is [Fe+2].[Fe+2].[Mg+2].[O-2].[O-2].[Zn+2]. The summed E-state index contributed by atoms with van der Waals surface area (Å²) in [7, 11) is 0. The van der Waals surface area contributed by atoms with Crippen molar-refractivity contribution in [3.8, 4) is 0 Å². The summed E-state index contributed by atoms with van der Waals surface area (Å²) in [5.74, 6) is 0. The molecule has 0 aromatic heterocycles. The fraction of sp³-hybridized carbons (Fsp3) is 0. The Morgan fingerprint density at radius 2 is 0.667 bits per heavy atom. The van der Waals surface area contributed by atoms with E-state index in [0.29, 0.717) is 0 Å². The van der Waals surface area contributed by atoms with Crippen molar-refractivity contribution in [2.24, 2.45) is 0 Å². The van der Waals surface area contributed by atoms with E-state index < -0.39 is 0 Å². The van der Waals surface area contributed by atoms with E-state index in [4.69, 9.17) is 0 Å². The van der Waals surface area contributed by atoms with Gasteiger partial charge < -0.3 is 11.0 Å². The van der Waals surface area contributed by atoms with E-state index >= 15 is 0 Å². The summed E-state index contributed by atoms with van der Waals surface area (Å²) in [5, 5.41) is 0. The molecule has 0 fully saturated rings. The average molecular weight is 233 g/mol. The molecule has 0 aliphatic heterocycles. The molecule has 6 heavy (non-hydrogen) atoms. The number of hydrogen-bond acceptors (Lipinski definition) is 0. The van der Waals surface area contributed by atoms with Gasteiger partial charge in [-0.3, -0.25) is 0 Å². The van der Waals surface area contributed by atoms with Crippen molar-refractivity contribution < 1.29 is 64.6 Å². The van der Waals surface area contributed by atoms with Crippen molar-refractivity contribution in [3.63, 3.8) is 0 Å². The van der Waals surface area contributed by atoms with Crippen molar-refractivity contribution in [1.82, 2.24) is 0 Å². The third-order valence-corrected chi connectivity index (χ3v) is 0. The maximum atomic E-state index is 0. The molecule has 6 heteroatoms. The second-order valence-electron chi connectivity index (χ2n) is 0. The van der Waals surface area contributed by atoms with E-state index in [1.807, 2.05) is 0 Å². The molecule has 0 bridgehead atoms. The molecule has 0 saturated carbocycles. The number of rotatable bonds is 0. The van der Waals surface area contributed by atoms with Crippen molar-refractivity contribution in [2.45, 2.75) is 0 Å². The molecule has 0 atom stereocenters. The quantitative estimate of drug-likeness (QED) is 0.501. The van der Waals surface area contributed by atoms with Gasteiger partial charge in [-0.05, 0) is 0 Å². The largest absolute Gasteiger partial charge is 2.00 e.